The molecule has 13 nitrogen and oxygen atoms in total. The number of carbonyl (C=O) groups excluding carboxylic acids is 4. The molecule has 0 aliphatic rings. The van der Waals surface area contributed by atoms with Crippen LogP contribution in [0.25, 0.3) is 0 Å². The Morgan fingerprint density at radius 1 is 0.583 bits per heavy atom. The molecule has 0 radical (unpaired) electrons. The molecule has 0 heterocycles. The zero-order chi connectivity index (χ0) is 16.1. The fourth-order valence-corrected chi connectivity index (χ4v) is 1.86. The van der Waals surface area contributed by atoms with Crippen LogP contribution in [0, 0.1) is 0 Å². The van der Waals surface area contributed by atoms with Crippen LogP contribution in [0.1, 0.15) is 25.7 Å². The summed E-state index contributed by atoms with van der Waals surface area (Å²) in [5.74, 6) is -7.33. The molecule has 0 rings (SSSR count). The first-order valence-electron chi connectivity index (χ1n) is 5.29. The predicted octanol–water partition coefficient (Wildman–Crippen LogP) is -9.54. The fraction of sp³-hybridized carbons (Fsp3) is 0.600. The molecule has 0 unspecified atom stereocenters. The van der Waals surface area contributed by atoms with Gasteiger partial charge in [-0.2, -0.15) is 0 Å². The van der Waals surface area contributed by atoms with Crippen LogP contribution in [-0.4, -0.2) is 51.4 Å². The van der Waals surface area contributed by atoms with Crippen LogP contribution in [0.4, 0.5) is 0 Å². The summed E-state index contributed by atoms with van der Waals surface area (Å²) in [4.78, 5) is 42.5. The molecule has 24 heavy (non-hydrogen) atoms. The van der Waals surface area contributed by atoms with E-state index in [1.807, 2.05) is 0 Å². The minimum Gasteiger partial charge on any atom is -0.550 e. The van der Waals surface area contributed by atoms with Crippen molar-refractivity contribution in [1.82, 2.24) is 0 Å². The van der Waals surface area contributed by atoms with E-state index in [4.69, 9.17) is 11.5 Å². The summed E-state index contributed by atoms with van der Waals surface area (Å²) >= 11 is 0. The Balaban J connectivity index is -0.000000301. The van der Waals surface area contributed by atoms with Crippen molar-refractivity contribution in [3.8, 4) is 0 Å². The summed E-state index contributed by atoms with van der Waals surface area (Å²) < 4.78 is 0. The Hall–Kier alpha value is -1.80. The molecule has 0 atom stereocenters. The van der Waals surface area contributed by atoms with Crippen molar-refractivity contribution in [3.63, 3.8) is 0 Å². The van der Waals surface area contributed by atoms with Gasteiger partial charge in [-0.25, -0.2) is 0 Å². The van der Waals surface area contributed by atoms with E-state index in [0.29, 0.717) is 0 Å². The number of nitrogens with two attached hydrogens (primary N) is 2. The second kappa shape index (κ2) is 12.6. The molecule has 0 aliphatic carbocycles. The summed E-state index contributed by atoms with van der Waals surface area (Å²) in [5, 5.41) is 42.5. The molecule has 0 saturated heterocycles. The normalized spacial score (nSPS) is 9.92. The maximum Gasteiger partial charge on any atom is 2.00 e. The molecular weight excluding hydrogens is 380 g/mol. The zero-order valence-electron chi connectivity index (χ0n) is 12.1. The minimum absolute atomic E-state index is 0. The van der Waals surface area contributed by atoms with Crippen LogP contribution in [-0.2, 0) is 36.2 Å². The summed E-state index contributed by atoms with van der Waals surface area (Å²) in [6.07, 6.45) is -4.73. The summed E-state index contributed by atoms with van der Waals surface area (Å²) in [6.45, 7) is 0. The van der Waals surface area contributed by atoms with E-state index in [0.717, 1.165) is 0 Å². The Kier molecular flexibility index (Phi) is 17.7. The van der Waals surface area contributed by atoms with Crippen LogP contribution in [0.5, 0.6) is 0 Å². The Morgan fingerprint density at radius 3 is 0.792 bits per heavy atom. The number of carboxylic acid groups (broad SMARTS) is 4. The van der Waals surface area contributed by atoms with Gasteiger partial charge in [0.05, 0.1) is 0 Å². The first-order valence-corrected chi connectivity index (χ1v) is 5.29. The average molecular weight is 398 g/mol. The van der Waals surface area contributed by atoms with E-state index >= 15 is 0 Å². The molecule has 0 saturated carbocycles. The molecule has 0 aromatic heterocycles. The van der Waals surface area contributed by atoms with E-state index in [1.54, 1.807) is 0 Å². The molecule has 0 aliphatic heterocycles. The first-order chi connectivity index (χ1) is 8.92. The van der Waals surface area contributed by atoms with E-state index in [1.165, 1.54) is 0 Å². The van der Waals surface area contributed by atoms with Crippen molar-refractivity contribution in [1.29, 1.82) is 0 Å². The number of rotatable bonds is 9. The van der Waals surface area contributed by atoms with Gasteiger partial charge in [-0.1, -0.05) is 0 Å². The van der Waals surface area contributed by atoms with Crippen LogP contribution in [0.2, 0.25) is 0 Å². The standard InChI is InChI=1S/C10H16N2O8.Fe.3H2O/c11-9(1-5(13)14,2-6(15)16)10(12,3-7(17)18)4-8(19)20;;;;/h1-4,11-12H2,(H,13,14)(H,15,16)(H,17,18)(H,19,20);;3*1H2/q;+2;;;/p-4. The van der Waals surface area contributed by atoms with Crippen molar-refractivity contribution in [2.24, 2.45) is 11.5 Å². The van der Waals surface area contributed by atoms with Crippen LogP contribution < -0.4 is 31.9 Å². The molecule has 0 amide bonds. The Morgan fingerprint density at radius 2 is 0.708 bits per heavy atom. The maximum atomic E-state index is 10.6. The minimum atomic E-state index is -2.43. The number of hydrogen-bond donors (Lipinski definition) is 2. The van der Waals surface area contributed by atoms with E-state index < -0.39 is 60.6 Å². The topological polar surface area (TPSA) is 307 Å². The van der Waals surface area contributed by atoms with E-state index in [-0.39, 0.29) is 33.5 Å². The van der Waals surface area contributed by atoms with Gasteiger partial charge >= 0.3 is 17.1 Å². The third kappa shape index (κ3) is 10.1. The SMILES string of the molecule is NC(CC(=O)[O-])(CC(=O)[O-])C(N)(CC(=O)[O-])CC(=O)[O-].O.O.O.[Fe+2]. The van der Waals surface area contributed by atoms with Gasteiger partial charge < -0.3 is 67.5 Å². The summed E-state index contributed by atoms with van der Waals surface area (Å²) in [6, 6.07) is 0. The van der Waals surface area contributed by atoms with Crippen molar-refractivity contribution in [2.75, 3.05) is 0 Å². The number of aliphatic carboxylic acids is 4. The van der Waals surface area contributed by atoms with Gasteiger partial charge in [-0.05, 0) is 0 Å². The molecule has 0 aromatic rings. The molecule has 14 heteroatoms. The van der Waals surface area contributed by atoms with Crippen molar-refractivity contribution >= 4 is 23.9 Å². The second-order valence-electron chi connectivity index (χ2n) is 4.51. The van der Waals surface area contributed by atoms with Gasteiger partial charge in [0.15, 0.2) is 0 Å². The first kappa shape index (κ1) is 33.7. The van der Waals surface area contributed by atoms with Crippen molar-refractivity contribution in [3.05, 3.63) is 0 Å². The van der Waals surface area contributed by atoms with Gasteiger partial charge in [0.1, 0.15) is 0 Å². The average Bonchev–Trinajstić information content (AvgIpc) is 2.10. The Bertz CT molecular complexity index is 371. The fourth-order valence-electron chi connectivity index (χ4n) is 1.86. The molecule has 0 bridgehead atoms. The van der Waals surface area contributed by atoms with Gasteiger partial charge in [-0.3, -0.25) is 0 Å². The third-order valence-electron chi connectivity index (χ3n) is 2.83. The van der Waals surface area contributed by atoms with Gasteiger partial charge in [-0.15, -0.1) is 0 Å². The monoisotopic (exact) mass is 398 g/mol. The zero-order valence-corrected chi connectivity index (χ0v) is 13.2. The summed E-state index contributed by atoms with van der Waals surface area (Å²) in [5.41, 5.74) is 6.20. The van der Waals surface area contributed by atoms with Gasteiger partial charge in [0, 0.05) is 60.6 Å². The van der Waals surface area contributed by atoms with E-state index in [9.17, 15) is 39.6 Å². The number of carboxylic acids is 4. The number of carbonyl (C=O) groups is 4. The smallest absolute Gasteiger partial charge is 0.550 e. The van der Waals surface area contributed by atoms with Gasteiger partial charge in [0.2, 0.25) is 0 Å². The molecule has 0 aromatic carbocycles. The quantitative estimate of drug-likeness (QED) is 0.345. The van der Waals surface area contributed by atoms with Gasteiger partial charge in [0.25, 0.3) is 0 Å². The van der Waals surface area contributed by atoms with E-state index in [2.05, 4.69) is 0 Å². The van der Waals surface area contributed by atoms with Crippen LogP contribution in [0.15, 0.2) is 0 Å². The second-order valence-corrected chi connectivity index (χ2v) is 4.51. The molecule has 10 N–H and O–H groups in total. The largest absolute Gasteiger partial charge is 2.00 e. The molecule has 0 spiro atoms. The van der Waals surface area contributed by atoms with Crippen molar-refractivity contribution < 1.29 is 73.1 Å². The molecular formula is C10H18FeN2O11-2. The predicted molar refractivity (Wildman–Crippen MR) is 63.2 cm³/mol. The maximum absolute atomic E-state index is 10.6. The number of hydrogen-bond acceptors (Lipinski definition) is 10. The Labute approximate surface area is 146 Å². The van der Waals surface area contributed by atoms with Crippen LogP contribution in [0.3, 0.4) is 0 Å². The summed E-state index contributed by atoms with van der Waals surface area (Å²) in [7, 11) is 0. The molecule has 0 fully saturated rings. The van der Waals surface area contributed by atoms with Crippen molar-refractivity contribution in [2.45, 2.75) is 36.8 Å². The van der Waals surface area contributed by atoms with Crippen LogP contribution >= 0.6 is 0 Å². The molecule has 144 valence electrons. The third-order valence-corrected chi connectivity index (χ3v) is 2.83.